The van der Waals surface area contributed by atoms with E-state index < -0.39 is 35.0 Å². The molecule has 3 aromatic rings. The fraction of sp³-hybridized carbons (Fsp3) is 0.500. The first-order valence-corrected chi connectivity index (χ1v) is 16.9. The second-order valence-electron chi connectivity index (χ2n) is 13.6. The summed E-state index contributed by atoms with van der Waals surface area (Å²) < 4.78 is 39.6. The summed E-state index contributed by atoms with van der Waals surface area (Å²) in [5.41, 5.74) is 1.48. The largest absolute Gasteiger partial charge is 0.416 e. The second-order valence-corrected chi connectivity index (χ2v) is 13.6. The van der Waals surface area contributed by atoms with E-state index in [1.54, 1.807) is 0 Å². The second kappa shape index (κ2) is 12.3. The first-order valence-electron chi connectivity index (χ1n) is 16.9. The van der Waals surface area contributed by atoms with E-state index in [0.717, 1.165) is 47.1 Å². The number of carbonyl (C=O) groups excluding carboxylic acids is 4. The highest BCUT2D eigenvalue weighted by molar-refractivity contribution is 5.93. The van der Waals surface area contributed by atoms with E-state index in [4.69, 9.17) is 0 Å². The SMILES string of the molecule is CC[C@]12c3[nH]c4ccccc4c3CCN1C(=O)C(CC(=O)NCc1cccc(C(F)(F)F)c1)C[C@@H]2C(=O)N1CCN(C(=O)C2CC2)CC1. The molecule has 1 aromatic heterocycles. The number of piperidine rings is 1. The van der Waals surface area contributed by atoms with Crippen molar-refractivity contribution in [2.24, 2.45) is 17.8 Å². The predicted molar refractivity (Wildman–Crippen MR) is 171 cm³/mol. The van der Waals surface area contributed by atoms with Gasteiger partial charge >= 0.3 is 6.18 Å². The van der Waals surface area contributed by atoms with Gasteiger partial charge in [0.2, 0.25) is 23.6 Å². The molecule has 2 N–H and O–H groups in total. The van der Waals surface area contributed by atoms with Crippen LogP contribution >= 0.6 is 0 Å². The number of halogens is 3. The van der Waals surface area contributed by atoms with Crippen LogP contribution in [0.1, 0.15) is 61.4 Å². The molecule has 1 unspecified atom stereocenters. The number of para-hydroxylation sites is 1. The van der Waals surface area contributed by atoms with Crippen LogP contribution in [0.2, 0.25) is 0 Å². The summed E-state index contributed by atoms with van der Waals surface area (Å²) in [5, 5.41) is 3.77. The van der Waals surface area contributed by atoms with E-state index in [1.165, 1.54) is 12.1 Å². The molecular formula is C36H40F3N5O4. The van der Waals surface area contributed by atoms with Crippen molar-refractivity contribution >= 4 is 34.5 Å². The van der Waals surface area contributed by atoms with Gasteiger partial charge in [-0.1, -0.05) is 37.3 Å². The van der Waals surface area contributed by atoms with Gasteiger partial charge in [0.1, 0.15) is 0 Å². The van der Waals surface area contributed by atoms with Gasteiger partial charge in [0.15, 0.2) is 0 Å². The zero-order valence-electron chi connectivity index (χ0n) is 26.9. The van der Waals surface area contributed by atoms with Crippen molar-refractivity contribution in [1.82, 2.24) is 25.0 Å². The number of carbonyl (C=O) groups is 4. The van der Waals surface area contributed by atoms with Gasteiger partial charge in [-0.2, -0.15) is 13.2 Å². The highest BCUT2D eigenvalue weighted by Crippen LogP contribution is 2.52. The molecular weight excluding hydrogens is 623 g/mol. The van der Waals surface area contributed by atoms with Crippen molar-refractivity contribution in [3.05, 3.63) is 70.9 Å². The van der Waals surface area contributed by atoms with Gasteiger partial charge in [0.05, 0.1) is 17.0 Å². The van der Waals surface area contributed by atoms with Crippen LogP contribution in [-0.4, -0.2) is 76.0 Å². The number of piperazine rings is 1. The first-order chi connectivity index (χ1) is 23.0. The van der Waals surface area contributed by atoms with E-state index in [9.17, 15) is 32.3 Å². The molecule has 9 nitrogen and oxygen atoms in total. The lowest BCUT2D eigenvalue weighted by Crippen LogP contribution is -2.66. The standard InChI is InChI=1S/C36H40F3N5O4/c1-2-35-28(34(48)43-16-14-42(15-17-43)32(46)23-10-11-23)19-24(20-30(45)40-21-22-6-5-7-25(18-22)36(37,38)39)33(47)44(35)13-12-27-26-8-3-4-9-29(26)41-31(27)35/h3-9,18,23-24,28,41H,2,10-17,19-21H2,1H3,(H,40,45)/t24?,28-,35+/m1/s1. The number of benzene rings is 2. The Morgan fingerprint density at radius 1 is 0.958 bits per heavy atom. The minimum Gasteiger partial charge on any atom is -0.356 e. The van der Waals surface area contributed by atoms with E-state index in [2.05, 4.69) is 16.4 Å². The summed E-state index contributed by atoms with van der Waals surface area (Å²) in [6, 6.07) is 12.8. The summed E-state index contributed by atoms with van der Waals surface area (Å²) in [5.74, 6) is -1.89. The molecule has 3 atom stereocenters. The van der Waals surface area contributed by atoms with Crippen molar-refractivity contribution in [1.29, 1.82) is 0 Å². The zero-order chi connectivity index (χ0) is 33.8. The molecule has 2 saturated heterocycles. The molecule has 4 amide bonds. The van der Waals surface area contributed by atoms with Gasteiger partial charge in [0, 0.05) is 74.1 Å². The normalized spacial score (nSPS) is 24.3. The van der Waals surface area contributed by atoms with Crippen LogP contribution in [0, 0.1) is 17.8 Å². The molecule has 1 aliphatic carbocycles. The monoisotopic (exact) mass is 663 g/mol. The van der Waals surface area contributed by atoms with Crippen molar-refractivity contribution in [2.75, 3.05) is 32.7 Å². The Kier molecular flexibility index (Phi) is 8.23. The van der Waals surface area contributed by atoms with Gasteiger partial charge in [-0.3, -0.25) is 19.2 Å². The molecule has 1 saturated carbocycles. The number of hydrogen-bond donors (Lipinski definition) is 2. The van der Waals surface area contributed by atoms with Gasteiger partial charge < -0.3 is 25.0 Å². The maximum Gasteiger partial charge on any atom is 0.416 e. The van der Waals surface area contributed by atoms with Gasteiger partial charge in [-0.05, 0) is 61.4 Å². The number of rotatable bonds is 7. The Hall–Kier alpha value is -4.35. The smallest absolute Gasteiger partial charge is 0.356 e. The minimum atomic E-state index is -4.50. The summed E-state index contributed by atoms with van der Waals surface area (Å²) in [7, 11) is 0. The lowest BCUT2D eigenvalue weighted by Gasteiger charge is -2.56. The summed E-state index contributed by atoms with van der Waals surface area (Å²) >= 11 is 0. The number of H-pyrrole nitrogens is 1. The molecule has 0 spiro atoms. The Balaban J connectivity index is 1.15. The Bertz CT molecular complexity index is 1760. The van der Waals surface area contributed by atoms with Crippen molar-refractivity contribution < 1.29 is 32.3 Å². The number of aromatic nitrogens is 1. The van der Waals surface area contributed by atoms with Crippen LogP contribution in [0.5, 0.6) is 0 Å². The van der Waals surface area contributed by atoms with Crippen molar-refractivity contribution in [3.8, 4) is 0 Å². The molecule has 0 bridgehead atoms. The fourth-order valence-corrected chi connectivity index (χ4v) is 8.26. The van der Waals surface area contributed by atoms with E-state index in [1.807, 2.05) is 39.8 Å². The molecule has 48 heavy (non-hydrogen) atoms. The highest BCUT2D eigenvalue weighted by Gasteiger charge is 2.59. The average Bonchev–Trinajstić information content (AvgIpc) is 3.87. The van der Waals surface area contributed by atoms with E-state index >= 15 is 0 Å². The zero-order valence-corrected chi connectivity index (χ0v) is 26.9. The van der Waals surface area contributed by atoms with Gasteiger partial charge in [0.25, 0.3) is 0 Å². The van der Waals surface area contributed by atoms with Crippen LogP contribution in [0.15, 0.2) is 48.5 Å². The number of hydrogen-bond acceptors (Lipinski definition) is 4. The van der Waals surface area contributed by atoms with Crippen LogP contribution in [0.3, 0.4) is 0 Å². The number of amides is 4. The maximum absolute atomic E-state index is 14.7. The number of alkyl halides is 3. The van der Waals surface area contributed by atoms with Crippen LogP contribution in [-0.2, 0) is 43.9 Å². The van der Waals surface area contributed by atoms with Crippen molar-refractivity contribution in [2.45, 2.75) is 63.7 Å². The number of fused-ring (bicyclic) bond motifs is 5. The third kappa shape index (κ3) is 5.62. The van der Waals surface area contributed by atoms with Crippen LogP contribution < -0.4 is 5.32 Å². The molecule has 3 aliphatic heterocycles. The topological polar surface area (TPSA) is 106 Å². The fourth-order valence-electron chi connectivity index (χ4n) is 8.26. The first kappa shape index (κ1) is 32.2. The number of nitrogens with one attached hydrogen (secondary N) is 2. The Morgan fingerprint density at radius 3 is 2.35 bits per heavy atom. The average molecular weight is 664 g/mol. The van der Waals surface area contributed by atoms with Crippen LogP contribution in [0.4, 0.5) is 13.2 Å². The molecule has 4 heterocycles. The molecule has 12 heteroatoms. The minimum absolute atomic E-state index is 0.0891. The molecule has 7 rings (SSSR count). The lowest BCUT2D eigenvalue weighted by atomic mass is 9.65. The van der Waals surface area contributed by atoms with E-state index in [0.29, 0.717) is 51.1 Å². The Labute approximate surface area is 276 Å². The third-order valence-electron chi connectivity index (χ3n) is 10.9. The van der Waals surface area contributed by atoms with Gasteiger partial charge in [-0.15, -0.1) is 0 Å². The Morgan fingerprint density at radius 2 is 1.67 bits per heavy atom. The number of nitrogens with zero attached hydrogens (tertiary/aromatic N) is 3. The molecule has 254 valence electrons. The summed E-state index contributed by atoms with van der Waals surface area (Å²) in [6.07, 6.45) is -1.58. The van der Waals surface area contributed by atoms with E-state index in [-0.39, 0.29) is 43.0 Å². The molecule has 0 radical (unpaired) electrons. The third-order valence-corrected chi connectivity index (χ3v) is 10.9. The van der Waals surface area contributed by atoms with Gasteiger partial charge in [-0.25, -0.2) is 0 Å². The molecule has 3 fully saturated rings. The molecule has 2 aromatic carbocycles. The highest BCUT2D eigenvalue weighted by atomic mass is 19.4. The van der Waals surface area contributed by atoms with Crippen molar-refractivity contribution in [3.63, 3.8) is 0 Å². The number of aromatic amines is 1. The molecule has 4 aliphatic rings. The summed E-state index contributed by atoms with van der Waals surface area (Å²) in [4.78, 5) is 64.0. The maximum atomic E-state index is 14.7. The van der Waals surface area contributed by atoms with Crippen LogP contribution in [0.25, 0.3) is 10.9 Å². The predicted octanol–water partition coefficient (Wildman–Crippen LogP) is 4.60. The lowest BCUT2D eigenvalue weighted by molar-refractivity contribution is -0.168. The summed E-state index contributed by atoms with van der Waals surface area (Å²) in [6.45, 7) is 4.03. The quantitative estimate of drug-likeness (QED) is 0.386.